The highest BCUT2D eigenvalue weighted by Gasteiger charge is 2.27. The fraction of sp³-hybridized carbons (Fsp3) is 0.143. The van der Waals surface area contributed by atoms with Crippen LogP contribution in [0.5, 0.6) is 0 Å². The molecule has 0 spiro atoms. The summed E-state index contributed by atoms with van der Waals surface area (Å²) in [5, 5.41) is 7.24. The third kappa shape index (κ3) is 4.21. The van der Waals surface area contributed by atoms with Crippen molar-refractivity contribution in [1.82, 2.24) is 5.32 Å². The quantitative estimate of drug-likeness (QED) is 0.643. The average Bonchev–Trinajstić information content (AvgIpc) is 3.24. The van der Waals surface area contributed by atoms with Crippen LogP contribution in [0, 0.1) is 0 Å². The van der Waals surface area contributed by atoms with Crippen LogP contribution in [0.15, 0.2) is 60.0 Å². The zero-order chi connectivity index (χ0) is 20.4. The predicted molar refractivity (Wildman–Crippen MR) is 118 cm³/mol. The molecule has 0 saturated carbocycles. The van der Waals surface area contributed by atoms with Gasteiger partial charge in [-0.05, 0) is 53.9 Å². The van der Waals surface area contributed by atoms with Crippen molar-refractivity contribution in [3.63, 3.8) is 0 Å². The number of fused-ring (bicyclic) bond motifs is 1. The molecule has 3 aromatic rings. The number of carbonyl (C=O) groups excluding carboxylic acids is 2. The number of hydrogen-bond acceptors (Lipinski definition) is 5. The molecule has 29 heavy (non-hydrogen) atoms. The summed E-state index contributed by atoms with van der Waals surface area (Å²) in [7, 11) is 1.75. The Hall–Kier alpha value is -3.03. The minimum absolute atomic E-state index is 0.0307. The standard InChI is InChI=1S/C21H19ClN4O2S/c1-25-18-9-6-15(22)11-19(18)26(13-20(25)27)24-16-7-4-14(5-8-16)21(28)23-12-17-3-2-10-29-17/h2-11,24H,12-13H2,1H3,(H,23,28). The lowest BCUT2D eigenvalue weighted by atomic mass is 10.2. The fourth-order valence-corrected chi connectivity index (χ4v) is 3.90. The van der Waals surface area contributed by atoms with Gasteiger partial charge in [0.1, 0.15) is 6.54 Å². The van der Waals surface area contributed by atoms with Crippen molar-refractivity contribution in [2.45, 2.75) is 6.54 Å². The lowest BCUT2D eigenvalue weighted by molar-refractivity contribution is -0.117. The Kier molecular flexibility index (Phi) is 5.42. The van der Waals surface area contributed by atoms with E-state index in [9.17, 15) is 9.59 Å². The molecule has 0 atom stereocenters. The number of thiophene rings is 1. The van der Waals surface area contributed by atoms with E-state index in [1.54, 1.807) is 46.5 Å². The number of likely N-dealkylation sites (N-methyl/N-ethyl adjacent to an activating group) is 1. The Morgan fingerprint density at radius 2 is 1.93 bits per heavy atom. The van der Waals surface area contributed by atoms with Crippen molar-refractivity contribution in [2.24, 2.45) is 0 Å². The lowest BCUT2D eigenvalue weighted by Crippen LogP contribution is -2.46. The number of nitrogens with zero attached hydrogens (tertiary/aromatic N) is 2. The van der Waals surface area contributed by atoms with Gasteiger partial charge in [-0.25, -0.2) is 0 Å². The van der Waals surface area contributed by atoms with Gasteiger partial charge in [0.2, 0.25) is 5.91 Å². The summed E-state index contributed by atoms with van der Waals surface area (Å²) in [6.07, 6.45) is 0. The molecule has 0 radical (unpaired) electrons. The Bertz CT molecular complexity index is 1040. The van der Waals surface area contributed by atoms with Crippen molar-refractivity contribution < 1.29 is 9.59 Å². The van der Waals surface area contributed by atoms with Crippen molar-refractivity contribution in [3.8, 4) is 0 Å². The highest BCUT2D eigenvalue weighted by molar-refractivity contribution is 7.09. The summed E-state index contributed by atoms with van der Waals surface area (Å²) < 4.78 is 0. The molecule has 0 unspecified atom stereocenters. The molecule has 2 N–H and O–H groups in total. The largest absolute Gasteiger partial charge is 0.347 e. The first kappa shape index (κ1) is 19.3. The summed E-state index contributed by atoms with van der Waals surface area (Å²) in [4.78, 5) is 27.4. The van der Waals surface area contributed by atoms with Gasteiger partial charge in [0.25, 0.3) is 5.91 Å². The molecule has 0 aliphatic carbocycles. The number of nitrogens with one attached hydrogen (secondary N) is 2. The van der Waals surface area contributed by atoms with Gasteiger partial charge in [0.15, 0.2) is 0 Å². The highest BCUT2D eigenvalue weighted by Crippen LogP contribution is 2.35. The number of anilines is 3. The van der Waals surface area contributed by atoms with Crippen molar-refractivity contribution in [1.29, 1.82) is 0 Å². The van der Waals surface area contributed by atoms with Crippen LogP contribution in [0.25, 0.3) is 0 Å². The smallest absolute Gasteiger partial charge is 0.251 e. The van der Waals surface area contributed by atoms with Gasteiger partial charge < -0.3 is 10.2 Å². The van der Waals surface area contributed by atoms with Gasteiger partial charge in [-0.15, -0.1) is 11.3 Å². The van der Waals surface area contributed by atoms with E-state index < -0.39 is 0 Å². The molecular weight excluding hydrogens is 408 g/mol. The molecular formula is C21H19ClN4O2S. The van der Waals surface area contributed by atoms with Gasteiger partial charge in [-0.3, -0.25) is 20.0 Å². The molecule has 2 amide bonds. The number of benzene rings is 2. The van der Waals surface area contributed by atoms with Crippen LogP contribution in [-0.4, -0.2) is 25.4 Å². The van der Waals surface area contributed by atoms with Crippen LogP contribution in [-0.2, 0) is 11.3 Å². The summed E-state index contributed by atoms with van der Waals surface area (Å²) in [6, 6.07) is 16.5. The second kappa shape index (κ2) is 8.14. The zero-order valence-electron chi connectivity index (χ0n) is 15.7. The van der Waals surface area contributed by atoms with E-state index >= 15 is 0 Å². The predicted octanol–water partition coefficient (Wildman–Crippen LogP) is 4.14. The van der Waals surface area contributed by atoms with Crippen LogP contribution < -0.4 is 20.7 Å². The molecule has 1 aliphatic heterocycles. The first-order chi connectivity index (χ1) is 14.0. The van der Waals surface area contributed by atoms with Gasteiger partial charge >= 0.3 is 0 Å². The Morgan fingerprint density at radius 1 is 1.14 bits per heavy atom. The third-order valence-corrected chi connectivity index (χ3v) is 5.78. The van der Waals surface area contributed by atoms with E-state index in [0.29, 0.717) is 17.1 Å². The van der Waals surface area contributed by atoms with Crippen LogP contribution >= 0.6 is 22.9 Å². The molecule has 4 rings (SSSR count). The maximum absolute atomic E-state index is 12.3. The number of carbonyl (C=O) groups is 2. The lowest BCUT2D eigenvalue weighted by Gasteiger charge is -2.36. The molecule has 0 bridgehead atoms. The van der Waals surface area contributed by atoms with Crippen molar-refractivity contribution >= 4 is 51.8 Å². The molecule has 148 valence electrons. The Labute approximate surface area is 177 Å². The van der Waals surface area contributed by atoms with Crippen LogP contribution in [0.1, 0.15) is 15.2 Å². The first-order valence-corrected chi connectivity index (χ1v) is 10.3. The van der Waals surface area contributed by atoms with Gasteiger partial charge in [0.05, 0.1) is 23.6 Å². The van der Waals surface area contributed by atoms with Crippen molar-refractivity contribution in [2.75, 3.05) is 28.9 Å². The van der Waals surface area contributed by atoms with E-state index in [1.807, 2.05) is 41.8 Å². The molecule has 8 heteroatoms. The SMILES string of the molecule is CN1C(=O)CN(Nc2ccc(C(=O)NCc3cccs3)cc2)c2cc(Cl)ccc21. The summed E-state index contributed by atoms with van der Waals surface area (Å²) in [5.41, 5.74) is 6.17. The Balaban J connectivity index is 1.46. The molecule has 6 nitrogen and oxygen atoms in total. The molecule has 0 saturated heterocycles. The monoisotopic (exact) mass is 426 g/mol. The normalized spacial score (nSPS) is 13.2. The number of hydrogen-bond donors (Lipinski definition) is 2. The molecule has 2 aromatic carbocycles. The maximum atomic E-state index is 12.3. The minimum atomic E-state index is -0.128. The van der Waals surface area contributed by atoms with Gasteiger partial charge in [-0.1, -0.05) is 17.7 Å². The van der Waals surface area contributed by atoms with Gasteiger partial charge in [-0.2, -0.15) is 0 Å². The summed E-state index contributed by atoms with van der Waals surface area (Å²) in [6.45, 7) is 0.685. The maximum Gasteiger partial charge on any atom is 0.251 e. The fourth-order valence-electron chi connectivity index (χ4n) is 3.09. The van der Waals surface area contributed by atoms with E-state index in [4.69, 9.17) is 11.6 Å². The number of hydrazine groups is 1. The zero-order valence-corrected chi connectivity index (χ0v) is 17.3. The van der Waals surface area contributed by atoms with Gasteiger partial charge in [0, 0.05) is 22.5 Å². The van der Waals surface area contributed by atoms with Crippen LogP contribution in [0.2, 0.25) is 5.02 Å². The van der Waals surface area contributed by atoms with Crippen molar-refractivity contribution in [3.05, 3.63) is 75.4 Å². The third-order valence-electron chi connectivity index (χ3n) is 4.67. The molecule has 1 aromatic heterocycles. The highest BCUT2D eigenvalue weighted by atomic mass is 35.5. The minimum Gasteiger partial charge on any atom is -0.347 e. The van der Waals surface area contributed by atoms with Crippen LogP contribution in [0.3, 0.4) is 0 Å². The second-order valence-electron chi connectivity index (χ2n) is 6.62. The number of amides is 2. The van der Waals surface area contributed by atoms with E-state index in [-0.39, 0.29) is 18.4 Å². The summed E-state index contributed by atoms with van der Waals surface area (Å²) in [5.74, 6) is -0.159. The summed E-state index contributed by atoms with van der Waals surface area (Å²) >= 11 is 7.76. The number of halogens is 1. The van der Waals surface area contributed by atoms with E-state index in [2.05, 4.69) is 10.7 Å². The Morgan fingerprint density at radius 3 is 2.66 bits per heavy atom. The van der Waals surface area contributed by atoms with E-state index in [1.165, 1.54) is 0 Å². The number of rotatable bonds is 5. The second-order valence-corrected chi connectivity index (χ2v) is 8.09. The van der Waals surface area contributed by atoms with Crippen LogP contribution in [0.4, 0.5) is 17.1 Å². The molecule has 0 fully saturated rings. The molecule has 2 heterocycles. The first-order valence-electron chi connectivity index (χ1n) is 9.02. The van der Waals surface area contributed by atoms with E-state index in [0.717, 1.165) is 21.9 Å². The topological polar surface area (TPSA) is 64.7 Å². The average molecular weight is 427 g/mol. The molecule has 1 aliphatic rings.